The van der Waals surface area contributed by atoms with E-state index in [9.17, 15) is 19.7 Å². The van der Waals surface area contributed by atoms with Crippen molar-refractivity contribution in [3.63, 3.8) is 0 Å². The Morgan fingerprint density at radius 2 is 1.73 bits per heavy atom. The van der Waals surface area contributed by atoms with Gasteiger partial charge in [-0.25, -0.2) is 9.82 Å². The Morgan fingerprint density at radius 3 is 2.27 bits per heavy atom. The van der Waals surface area contributed by atoms with Crippen LogP contribution in [0.25, 0.3) is 0 Å². The first kappa shape index (κ1) is 31.6. The molecule has 1 aliphatic heterocycles. The number of rotatable bonds is 8. The smallest absolute Gasteiger partial charge is 0.370 e. The largest absolute Gasteiger partial charge is 0.423 e. The van der Waals surface area contributed by atoms with E-state index < -0.39 is 12.1 Å². The van der Waals surface area contributed by atoms with Gasteiger partial charge in [0.15, 0.2) is 0 Å². The number of hydrazone groups is 1. The number of ether oxygens (including phenoxy) is 1. The number of hydrogen-bond acceptors (Lipinski definition) is 8. The summed E-state index contributed by atoms with van der Waals surface area (Å²) in [6.07, 6.45) is 4.97. The average Bonchev–Trinajstić information content (AvgIpc) is 3.29. The summed E-state index contributed by atoms with van der Waals surface area (Å²) in [6, 6.07) is 7.33. The molecule has 37 heavy (non-hydrogen) atoms. The predicted octanol–water partition coefficient (Wildman–Crippen LogP) is 3.76. The molecule has 1 aliphatic rings. The van der Waals surface area contributed by atoms with Gasteiger partial charge in [-0.05, 0) is 74.9 Å². The highest BCUT2D eigenvalue weighted by Gasteiger charge is 2.36. The van der Waals surface area contributed by atoms with Crippen LogP contribution >= 0.6 is 11.6 Å². The molecule has 0 fully saturated rings. The molecule has 8 nitrogen and oxygen atoms in total. The summed E-state index contributed by atoms with van der Waals surface area (Å²) < 4.78 is 20.4. The highest BCUT2D eigenvalue weighted by molar-refractivity contribution is 6.30. The fraction of sp³-hybridized carbons (Fsp3) is 0.296. The van der Waals surface area contributed by atoms with Crippen LogP contribution in [-0.4, -0.2) is 52.0 Å². The molecule has 1 unspecified atom stereocenters. The third kappa shape index (κ3) is 8.05. The number of likely N-dealkylation sites (N-methyl/N-ethyl adjacent to an activating group) is 1. The molecule has 0 aromatic heterocycles. The Hall–Kier alpha value is -3.39. The lowest BCUT2D eigenvalue weighted by Gasteiger charge is -2.38. The second-order valence-corrected chi connectivity index (χ2v) is 8.57. The van der Waals surface area contributed by atoms with E-state index in [1.54, 1.807) is 37.1 Å². The molecular weight excluding hydrogens is 499 g/mol. The Bertz CT molecular complexity index is 1150. The summed E-state index contributed by atoms with van der Waals surface area (Å²) in [4.78, 5) is 2.61. The Labute approximate surface area is 222 Å². The second kappa shape index (κ2) is 13.8. The van der Waals surface area contributed by atoms with Crippen molar-refractivity contribution < 1.29 is 24.4 Å². The van der Waals surface area contributed by atoms with E-state index in [0.29, 0.717) is 21.8 Å². The van der Waals surface area contributed by atoms with E-state index >= 15 is 0 Å². The number of hydrogen-bond donors (Lipinski definition) is 4. The normalized spacial score (nSPS) is 13.3. The maximum Gasteiger partial charge on any atom is 0.370 e. The number of benzene rings is 2. The fourth-order valence-electron chi connectivity index (χ4n) is 3.68. The van der Waals surface area contributed by atoms with Crippen molar-refractivity contribution in [3.8, 4) is 12.8 Å². The lowest BCUT2D eigenvalue weighted by Crippen LogP contribution is -2.56. The van der Waals surface area contributed by atoms with Gasteiger partial charge in [0, 0.05) is 17.1 Å². The minimum atomic E-state index is -3.20. The minimum absolute atomic E-state index is 0.168. The molecule has 10 heteroatoms. The summed E-state index contributed by atoms with van der Waals surface area (Å²) in [5.74, 6) is 0.0726. The first-order chi connectivity index (χ1) is 17.4. The van der Waals surface area contributed by atoms with Gasteiger partial charge in [-0.1, -0.05) is 23.7 Å². The van der Waals surface area contributed by atoms with Crippen LogP contribution in [0.5, 0.6) is 0 Å². The number of terminal acetylenes is 1. The molecule has 1 heterocycles. The molecule has 0 saturated heterocycles. The van der Waals surface area contributed by atoms with Gasteiger partial charge in [-0.15, -0.1) is 31.1 Å². The van der Waals surface area contributed by atoms with Crippen molar-refractivity contribution in [1.29, 1.82) is 0 Å². The van der Waals surface area contributed by atoms with E-state index in [0.717, 1.165) is 16.0 Å². The van der Waals surface area contributed by atoms with Gasteiger partial charge in [0.1, 0.15) is 5.82 Å². The van der Waals surface area contributed by atoms with E-state index in [1.165, 1.54) is 12.1 Å². The molecule has 4 N–H and O–H groups in total. The number of aliphatic hydroxyl groups is 3. The predicted molar refractivity (Wildman–Crippen MR) is 146 cm³/mol. The van der Waals surface area contributed by atoms with Crippen LogP contribution in [0.2, 0.25) is 5.02 Å². The lowest BCUT2D eigenvalue weighted by molar-refractivity contribution is -0.312. The maximum atomic E-state index is 14.8. The number of nitrogens with zero attached hydrogens (tertiary/aromatic N) is 3. The van der Waals surface area contributed by atoms with Crippen LogP contribution in [0.1, 0.15) is 22.3 Å². The molecule has 1 atom stereocenters. The fourth-order valence-corrected chi connectivity index (χ4v) is 3.84. The highest BCUT2D eigenvalue weighted by Crippen LogP contribution is 2.29. The molecule has 0 spiro atoms. The minimum Gasteiger partial charge on any atom is -0.423 e. The Morgan fingerprint density at radius 1 is 1.14 bits per heavy atom. The summed E-state index contributed by atoms with van der Waals surface area (Å²) in [5.41, 5.74) is 5.79. The number of nitrogens with one attached hydrogen (secondary N) is 1. The van der Waals surface area contributed by atoms with Gasteiger partial charge in [0.2, 0.25) is 11.8 Å². The van der Waals surface area contributed by atoms with E-state index in [4.69, 9.17) is 16.3 Å². The third-order valence-electron chi connectivity index (χ3n) is 5.73. The molecule has 2 aromatic rings. The summed E-state index contributed by atoms with van der Waals surface area (Å²) in [6.45, 7) is 15.0. The van der Waals surface area contributed by atoms with Gasteiger partial charge >= 0.3 is 6.10 Å². The molecule has 0 bridgehead atoms. The average molecular weight is 533 g/mol. The molecule has 2 aromatic carbocycles. The molecule has 0 radical (unpaired) electrons. The molecular formula is C27H34ClFN4O4. The van der Waals surface area contributed by atoms with Crippen molar-refractivity contribution in [2.45, 2.75) is 39.3 Å². The van der Waals surface area contributed by atoms with Crippen LogP contribution in [0.3, 0.4) is 0 Å². The lowest BCUT2D eigenvalue weighted by atomic mass is 9.96. The SMILES string of the molecule is C#C.C=C.C=C1NN=C(C(Cc2c(F)ccc(C)c2C)N(C)CN(c2cc(Cl)ccc2C)C(O)(O)O)O1. The van der Waals surface area contributed by atoms with Crippen molar-refractivity contribution in [1.82, 2.24) is 10.3 Å². The molecule has 0 saturated carbocycles. The zero-order valence-corrected chi connectivity index (χ0v) is 22.3. The number of anilines is 1. The van der Waals surface area contributed by atoms with Gasteiger partial charge in [-0.3, -0.25) is 9.80 Å². The van der Waals surface area contributed by atoms with E-state index in [2.05, 4.69) is 43.1 Å². The molecule has 0 amide bonds. The van der Waals surface area contributed by atoms with Crippen molar-refractivity contribution in [3.05, 3.63) is 89.0 Å². The van der Waals surface area contributed by atoms with Gasteiger partial charge in [-0.2, -0.15) is 0 Å². The van der Waals surface area contributed by atoms with Crippen LogP contribution < -0.4 is 10.3 Å². The van der Waals surface area contributed by atoms with Crippen LogP contribution in [0, 0.1) is 39.4 Å². The van der Waals surface area contributed by atoms with Crippen LogP contribution in [-0.2, 0) is 11.2 Å². The van der Waals surface area contributed by atoms with E-state index in [-0.39, 0.29) is 30.7 Å². The monoisotopic (exact) mass is 532 g/mol. The van der Waals surface area contributed by atoms with Gasteiger partial charge in [0.05, 0.1) is 12.7 Å². The first-order valence-electron chi connectivity index (χ1n) is 11.1. The summed E-state index contributed by atoms with van der Waals surface area (Å²) >= 11 is 6.10. The Kier molecular flexibility index (Phi) is 11.8. The van der Waals surface area contributed by atoms with E-state index in [1.807, 2.05) is 13.8 Å². The van der Waals surface area contributed by atoms with Crippen molar-refractivity contribution in [2.75, 3.05) is 18.6 Å². The third-order valence-corrected chi connectivity index (χ3v) is 5.97. The Balaban J connectivity index is 0.00000163. The zero-order valence-electron chi connectivity index (χ0n) is 21.5. The topological polar surface area (TPSA) is 101 Å². The quantitative estimate of drug-likeness (QED) is 0.233. The molecule has 200 valence electrons. The van der Waals surface area contributed by atoms with Crippen molar-refractivity contribution in [2.24, 2.45) is 5.10 Å². The van der Waals surface area contributed by atoms with Crippen LogP contribution in [0.4, 0.5) is 10.1 Å². The van der Waals surface area contributed by atoms with Crippen molar-refractivity contribution >= 4 is 23.2 Å². The summed E-state index contributed by atoms with van der Waals surface area (Å²) in [5, 5.41) is 34.8. The molecule has 0 aliphatic carbocycles. The zero-order chi connectivity index (χ0) is 28.5. The first-order valence-corrected chi connectivity index (χ1v) is 11.5. The standard InChI is InChI=1S/C23H28ClFN4O4.C2H4.C2H2/c1-13-7-9-19(25)18(15(13)3)11-21(22-27-26-16(4)33-22)28(5)12-29(23(30,31)32)20-10-17(24)8-6-14(20)2;2*1-2/h6-10,21,26,30-32H,4,11-12H2,1-3,5H3;1-2H2;1-2H. The number of halogens is 2. The van der Waals surface area contributed by atoms with Gasteiger partial charge in [0.25, 0.3) is 0 Å². The molecule has 3 rings (SSSR count). The summed E-state index contributed by atoms with van der Waals surface area (Å²) in [7, 11) is 1.67. The second-order valence-electron chi connectivity index (χ2n) is 8.13. The highest BCUT2D eigenvalue weighted by atomic mass is 35.5. The maximum absolute atomic E-state index is 14.8. The van der Waals surface area contributed by atoms with Crippen LogP contribution in [0.15, 0.2) is 61.1 Å². The van der Waals surface area contributed by atoms with Gasteiger partial charge < -0.3 is 20.1 Å². The number of aryl methyl sites for hydroxylation is 2.